The number of esters is 1. The van der Waals surface area contributed by atoms with E-state index in [0.29, 0.717) is 10.7 Å². The number of anilines is 1. The summed E-state index contributed by atoms with van der Waals surface area (Å²) in [5.74, 6) is -0.669. The number of ether oxygens (including phenoxy) is 1. The van der Waals surface area contributed by atoms with E-state index in [0.717, 1.165) is 21.3 Å². The van der Waals surface area contributed by atoms with Crippen LogP contribution in [-0.2, 0) is 9.53 Å². The largest absolute Gasteiger partial charge is 0.465 e. The molecule has 0 unspecified atom stereocenters. The number of carbonyl (C=O) groups is 2. The predicted octanol–water partition coefficient (Wildman–Crippen LogP) is 5.01. The molecule has 0 aliphatic carbocycles. The van der Waals surface area contributed by atoms with Crippen LogP contribution in [0, 0.1) is 0 Å². The summed E-state index contributed by atoms with van der Waals surface area (Å²) in [5.41, 5.74) is 3.05. The maximum absolute atomic E-state index is 12.1. The molecule has 3 rings (SSSR count). The second kappa shape index (κ2) is 8.75. The van der Waals surface area contributed by atoms with Crippen molar-refractivity contribution in [2.75, 3.05) is 12.4 Å². The quantitative estimate of drug-likeness (QED) is 0.445. The summed E-state index contributed by atoms with van der Waals surface area (Å²) in [6.07, 6.45) is 3.09. The van der Waals surface area contributed by atoms with Crippen LogP contribution in [0.3, 0.4) is 0 Å². The third kappa shape index (κ3) is 5.12. The Hall–Kier alpha value is -2.77. The number of hydrogen-bond acceptors (Lipinski definition) is 5. The molecule has 0 fully saturated rings. The number of thiazole rings is 1. The Kier molecular flexibility index (Phi) is 6.16. The van der Waals surface area contributed by atoms with Crippen molar-refractivity contribution in [2.45, 2.75) is 0 Å². The van der Waals surface area contributed by atoms with Gasteiger partial charge < -0.3 is 4.74 Å². The van der Waals surface area contributed by atoms with E-state index < -0.39 is 5.97 Å². The minimum Gasteiger partial charge on any atom is -0.465 e. The summed E-state index contributed by atoms with van der Waals surface area (Å²) in [5, 5.41) is 5.18. The molecule has 1 N–H and O–H groups in total. The van der Waals surface area contributed by atoms with Crippen molar-refractivity contribution in [3.8, 4) is 11.3 Å². The van der Waals surface area contributed by atoms with Crippen LogP contribution in [0.15, 0.2) is 64.5 Å². The van der Waals surface area contributed by atoms with Gasteiger partial charge in [-0.05, 0) is 35.9 Å². The molecule has 7 heteroatoms. The molecule has 0 aliphatic rings. The first-order valence-electron chi connectivity index (χ1n) is 7.94. The van der Waals surface area contributed by atoms with Crippen LogP contribution in [-0.4, -0.2) is 24.0 Å². The highest BCUT2D eigenvalue weighted by Crippen LogP contribution is 2.26. The fourth-order valence-corrected chi connectivity index (χ4v) is 3.24. The van der Waals surface area contributed by atoms with Crippen molar-refractivity contribution >= 4 is 50.4 Å². The normalized spacial score (nSPS) is 10.7. The lowest BCUT2D eigenvalue weighted by Crippen LogP contribution is -2.07. The second-order valence-corrected chi connectivity index (χ2v) is 7.25. The summed E-state index contributed by atoms with van der Waals surface area (Å²) in [4.78, 5) is 27.9. The van der Waals surface area contributed by atoms with Crippen molar-refractivity contribution in [3.05, 3.63) is 75.6 Å². The number of rotatable bonds is 5. The first-order chi connectivity index (χ1) is 13.0. The van der Waals surface area contributed by atoms with Crippen LogP contribution >= 0.6 is 27.3 Å². The number of methoxy groups -OCH3 is 1. The van der Waals surface area contributed by atoms with Crippen molar-refractivity contribution in [3.63, 3.8) is 0 Å². The Morgan fingerprint density at radius 3 is 2.48 bits per heavy atom. The average molecular weight is 443 g/mol. The molecule has 2 aromatic carbocycles. The van der Waals surface area contributed by atoms with Crippen LogP contribution in [0.2, 0.25) is 0 Å². The van der Waals surface area contributed by atoms with Gasteiger partial charge in [-0.25, -0.2) is 9.78 Å². The summed E-state index contributed by atoms with van der Waals surface area (Å²) < 4.78 is 5.65. The lowest BCUT2D eigenvalue weighted by atomic mass is 10.1. The summed E-state index contributed by atoms with van der Waals surface area (Å²) in [7, 11) is 1.33. The molecule has 0 spiro atoms. The zero-order valence-corrected chi connectivity index (χ0v) is 16.7. The molecular formula is C20H15BrN2O3S. The first-order valence-corrected chi connectivity index (χ1v) is 9.61. The van der Waals surface area contributed by atoms with Crippen LogP contribution in [0.25, 0.3) is 17.3 Å². The lowest BCUT2D eigenvalue weighted by molar-refractivity contribution is -0.111. The van der Waals surface area contributed by atoms with E-state index in [9.17, 15) is 9.59 Å². The highest BCUT2D eigenvalue weighted by Gasteiger charge is 2.07. The van der Waals surface area contributed by atoms with Gasteiger partial charge in [0.05, 0.1) is 18.4 Å². The third-order valence-electron chi connectivity index (χ3n) is 3.63. The second-order valence-electron chi connectivity index (χ2n) is 5.48. The number of nitrogens with zero attached hydrogens (tertiary/aromatic N) is 1. The zero-order chi connectivity index (χ0) is 19.2. The number of benzene rings is 2. The minimum atomic E-state index is -0.395. The molecule has 0 saturated carbocycles. The van der Waals surface area contributed by atoms with Gasteiger partial charge in [-0.2, -0.15) is 0 Å². The highest BCUT2D eigenvalue weighted by atomic mass is 79.9. The van der Waals surface area contributed by atoms with Crippen molar-refractivity contribution in [1.82, 2.24) is 4.98 Å². The van der Waals surface area contributed by atoms with E-state index in [4.69, 9.17) is 0 Å². The Morgan fingerprint density at radius 1 is 1.11 bits per heavy atom. The molecule has 0 aliphatic heterocycles. The average Bonchev–Trinajstić information content (AvgIpc) is 3.15. The van der Waals surface area contributed by atoms with Gasteiger partial charge in [-0.15, -0.1) is 11.3 Å². The SMILES string of the molecule is COC(=O)c1ccc(/C=C/C(=O)Nc2nc(-c3ccc(Br)cc3)cs2)cc1. The van der Waals surface area contributed by atoms with Gasteiger partial charge in [0.2, 0.25) is 5.91 Å². The third-order valence-corrected chi connectivity index (χ3v) is 4.92. The molecular weight excluding hydrogens is 428 g/mol. The monoisotopic (exact) mass is 442 g/mol. The van der Waals surface area contributed by atoms with E-state index in [-0.39, 0.29) is 5.91 Å². The molecule has 1 amide bonds. The molecule has 0 atom stereocenters. The van der Waals surface area contributed by atoms with Crippen molar-refractivity contribution in [2.24, 2.45) is 0 Å². The minimum absolute atomic E-state index is 0.274. The van der Waals surface area contributed by atoms with E-state index in [2.05, 4.69) is 31.0 Å². The number of hydrogen-bond donors (Lipinski definition) is 1. The van der Waals surface area contributed by atoms with Crippen LogP contribution < -0.4 is 5.32 Å². The Labute approximate surface area is 168 Å². The lowest BCUT2D eigenvalue weighted by Gasteiger charge is -2.00. The summed E-state index contributed by atoms with van der Waals surface area (Å²) in [6.45, 7) is 0. The van der Waals surface area contributed by atoms with Crippen molar-refractivity contribution in [1.29, 1.82) is 0 Å². The first kappa shape index (κ1) is 19.0. The molecule has 0 saturated heterocycles. The smallest absolute Gasteiger partial charge is 0.337 e. The van der Waals surface area contributed by atoms with Gasteiger partial charge >= 0.3 is 5.97 Å². The van der Waals surface area contributed by atoms with Gasteiger partial charge in [0.15, 0.2) is 5.13 Å². The van der Waals surface area contributed by atoms with Gasteiger partial charge in [0.1, 0.15) is 0 Å². The van der Waals surface area contributed by atoms with E-state index in [1.165, 1.54) is 24.5 Å². The van der Waals surface area contributed by atoms with E-state index in [1.54, 1.807) is 30.3 Å². The van der Waals surface area contributed by atoms with Crippen molar-refractivity contribution < 1.29 is 14.3 Å². The van der Waals surface area contributed by atoms with Gasteiger partial charge in [-0.3, -0.25) is 10.1 Å². The number of amides is 1. The fraction of sp³-hybridized carbons (Fsp3) is 0.0500. The predicted molar refractivity (Wildman–Crippen MR) is 111 cm³/mol. The fourth-order valence-electron chi connectivity index (χ4n) is 2.25. The molecule has 27 heavy (non-hydrogen) atoms. The Balaban J connectivity index is 1.61. The zero-order valence-electron chi connectivity index (χ0n) is 14.3. The number of halogens is 1. The molecule has 1 heterocycles. The van der Waals surface area contributed by atoms with Crippen LogP contribution in [0.4, 0.5) is 5.13 Å². The number of carbonyl (C=O) groups excluding carboxylic acids is 2. The Bertz CT molecular complexity index is 979. The maximum atomic E-state index is 12.1. The molecule has 1 aromatic heterocycles. The molecule has 5 nitrogen and oxygen atoms in total. The summed E-state index contributed by atoms with van der Waals surface area (Å²) in [6, 6.07) is 14.6. The van der Waals surface area contributed by atoms with Crippen LogP contribution in [0.1, 0.15) is 15.9 Å². The molecule has 136 valence electrons. The molecule has 0 bridgehead atoms. The van der Waals surface area contributed by atoms with Gasteiger partial charge in [-0.1, -0.05) is 40.2 Å². The standard InChI is InChI=1S/C20H15BrN2O3S/c1-26-19(25)15-5-2-13(3-6-15)4-11-18(24)23-20-22-17(12-27-20)14-7-9-16(21)10-8-14/h2-12H,1H3,(H,22,23,24)/b11-4+. The molecule has 0 radical (unpaired) electrons. The summed E-state index contributed by atoms with van der Waals surface area (Å²) >= 11 is 4.77. The highest BCUT2D eigenvalue weighted by molar-refractivity contribution is 9.10. The Morgan fingerprint density at radius 2 is 1.81 bits per heavy atom. The maximum Gasteiger partial charge on any atom is 0.337 e. The van der Waals surface area contributed by atoms with E-state index in [1.807, 2.05) is 29.6 Å². The number of aromatic nitrogens is 1. The van der Waals surface area contributed by atoms with Gasteiger partial charge in [0.25, 0.3) is 0 Å². The van der Waals surface area contributed by atoms with Gasteiger partial charge in [0, 0.05) is 21.5 Å². The topological polar surface area (TPSA) is 68.3 Å². The van der Waals surface area contributed by atoms with Crippen LogP contribution in [0.5, 0.6) is 0 Å². The molecule has 3 aromatic rings. The number of nitrogens with one attached hydrogen (secondary N) is 1. The van der Waals surface area contributed by atoms with E-state index >= 15 is 0 Å².